The van der Waals surface area contributed by atoms with Crippen molar-refractivity contribution >= 4 is 0 Å². The molecule has 0 aromatic heterocycles. The van der Waals surface area contributed by atoms with Gasteiger partial charge < -0.3 is 19.3 Å². The third-order valence-corrected chi connectivity index (χ3v) is 6.30. The molecule has 1 saturated carbocycles. The number of phenols is 1. The second-order valence-electron chi connectivity index (χ2n) is 7.14. The molecule has 0 radical (unpaired) electrons. The molecule has 1 N–H and O–H groups in total. The zero-order valence-electron chi connectivity index (χ0n) is 12.8. The Kier molecular flexibility index (Phi) is 2.68. The fraction of sp³-hybridized carbons (Fsp3) is 0.611. The molecule has 120 valence electrons. The number of nitrogens with zero attached hydrogens (tertiary/aromatic N) is 1. The van der Waals surface area contributed by atoms with Crippen molar-refractivity contribution in [1.29, 1.82) is 5.26 Å². The van der Waals surface area contributed by atoms with E-state index < -0.39 is 11.2 Å². The smallest absolute Gasteiger partial charge is 0.173 e. The Balaban J connectivity index is 1.68. The van der Waals surface area contributed by atoms with E-state index in [-0.39, 0.29) is 23.7 Å². The Morgan fingerprint density at radius 1 is 1.22 bits per heavy atom. The minimum absolute atomic E-state index is 0.0293. The molecule has 4 aliphatic rings. The number of hydrogen-bond acceptors (Lipinski definition) is 5. The molecule has 2 aliphatic heterocycles. The maximum atomic E-state index is 10.1. The molecule has 3 fully saturated rings. The summed E-state index contributed by atoms with van der Waals surface area (Å²) in [7, 11) is 0. The Bertz CT molecular complexity index is 705. The zero-order valence-corrected chi connectivity index (χ0v) is 12.8. The van der Waals surface area contributed by atoms with Gasteiger partial charge in [-0.2, -0.15) is 5.26 Å². The van der Waals surface area contributed by atoms with Gasteiger partial charge in [-0.25, -0.2) is 0 Å². The summed E-state index contributed by atoms with van der Waals surface area (Å²) in [5.74, 6) is -0.206. The van der Waals surface area contributed by atoms with Crippen molar-refractivity contribution in [2.75, 3.05) is 19.8 Å². The highest BCUT2D eigenvalue weighted by atomic mass is 16.7. The molecule has 2 aliphatic carbocycles. The number of rotatable bonds is 0. The first-order valence-electron chi connectivity index (χ1n) is 8.32. The fourth-order valence-electron chi connectivity index (χ4n) is 5.37. The summed E-state index contributed by atoms with van der Waals surface area (Å²) in [5, 5.41) is 20.1. The number of hydrogen-bond donors (Lipinski definition) is 1. The molecule has 1 spiro atoms. The monoisotopic (exact) mass is 313 g/mol. The first-order valence-corrected chi connectivity index (χ1v) is 8.32. The molecule has 5 nitrogen and oxygen atoms in total. The van der Waals surface area contributed by atoms with Crippen molar-refractivity contribution in [3.63, 3.8) is 0 Å². The van der Waals surface area contributed by atoms with Gasteiger partial charge >= 0.3 is 0 Å². The van der Waals surface area contributed by atoms with Gasteiger partial charge in [0.1, 0.15) is 5.75 Å². The normalized spacial score (nSPS) is 39.7. The molecule has 0 amide bonds. The number of nitriles is 1. The molecule has 0 unspecified atom stereocenters. The summed E-state index contributed by atoms with van der Waals surface area (Å²) >= 11 is 0. The Labute approximate surface area is 134 Å². The van der Waals surface area contributed by atoms with Gasteiger partial charge in [-0.1, -0.05) is 6.07 Å². The van der Waals surface area contributed by atoms with Crippen LogP contribution in [0.15, 0.2) is 18.2 Å². The van der Waals surface area contributed by atoms with Crippen LogP contribution < -0.4 is 0 Å². The SMILES string of the molecule is N#C[C@]12CCC3(OCCO3)[C@@H]3CO[C@H](Cc4ccc(O)cc41)[C@@H]32. The van der Waals surface area contributed by atoms with E-state index in [2.05, 4.69) is 6.07 Å². The molecule has 4 atom stereocenters. The van der Waals surface area contributed by atoms with E-state index in [1.807, 2.05) is 6.07 Å². The molecule has 2 heterocycles. The molecular weight excluding hydrogens is 294 g/mol. The Morgan fingerprint density at radius 3 is 2.83 bits per heavy atom. The molecule has 5 rings (SSSR count). The van der Waals surface area contributed by atoms with Crippen LogP contribution in [0.3, 0.4) is 0 Å². The lowest BCUT2D eigenvalue weighted by Gasteiger charge is -2.51. The second kappa shape index (κ2) is 4.47. The van der Waals surface area contributed by atoms with Crippen molar-refractivity contribution in [3.05, 3.63) is 29.3 Å². The van der Waals surface area contributed by atoms with Crippen molar-refractivity contribution in [2.24, 2.45) is 11.8 Å². The van der Waals surface area contributed by atoms with Gasteiger partial charge in [-0.15, -0.1) is 0 Å². The minimum Gasteiger partial charge on any atom is -0.508 e. The molecule has 0 bridgehead atoms. The standard InChI is InChI=1S/C18H19NO4/c19-10-17-3-4-18(22-5-6-23-18)14-9-21-15(16(14)17)7-11-1-2-12(20)8-13(11)17/h1-2,8,14-16,20H,3-7,9H2/t14-,15-,16-,17-/m1/s1. The van der Waals surface area contributed by atoms with Crippen LogP contribution in [-0.4, -0.2) is 36.8 Å². The van der Waals surface area contributed by atoms with Crippen LogP contribution in [0.5, 0.6) is 5.75 Å². The van der Waals surface area contributed by atoms with Crippen molar-refractivity contribution in [2.45, 2.75) is 36.6 Å². The lowest BCUT2D eigenvalue weighted by atomic mass is 9.53. The summed E-state index contributed by atoms with van der Waals surface area (Å²) in [4.78, 5) is 0. The molecule has 5 heteroatoms. The van der Waals surface area contributed by atoms with Crippen LogP contribution >= 0.6 is 0 Å². The van der Waals surface area contributed by atoms with Gasteiger partial charge in [0.2, 0.25) is 0 Å². The van der Waals surface area contributed by atoms with Crippen molar-refractivity contribution in [3.8, 4) is 11.8 Å². The van der Waals surface area contributed by atoms with Gasteiger partial charge in [0.25, 0.3) is 0 Å². The van der Waals surface area contributed by atoms with Crippen molar-refractivity contribution < 1.29 is 19.3 Å². The highest BCUT2D eigenvalue weighted by Gasteiger charge is 2.66. The van der Waals surface area contributed by atoms with E-state index in [0.717, 1.165) is 17.5 Å². The molecule has 1 aromatic rings. The summed E-state index contributed by atoms with van der Waals surface area (Å²) in [6, 6.07) is 8.02. The average Bonchev–Trinajstić information content (AvgIpc) is 3.20. The van der Waals surface area contributed by atoms with E-state index in [0.29, 0.717) is 32.7 Å². The first kappa shape index (κ1) is 13.8. The number of fused-ring (bicyclic) bond motifs is 3. The van der Waals surface area contributed by atoms with Crippen LogP contribution in [0.25, 0.3) is 0 Å². The quantitative estimate of drug-likeness (QED) is 0.792. The minimum atomic E-state index is -0.612. The van der Waals surface area contributed by atoms with Gasteiger partial charge in [-0.05, 0) is 36.1 Å². The number of phenolic OH excluding ortho intramolecular Hbond substituents is 1. The second-order valence-corrected chi connectivity index (χ2v) is 7.14. The maximum Gasteiger partial charge on any atom is 0.173 e. The summed E-state index contributed by atoms with van der Waals surface area (Å²) < 4.78 is 18.1. The van der Waals surface area contributed by atoms with Crippen LogP contribution in [0.1, 0.15) is 24.0 Å². The van der Waals surface area contributed by atoms with Gasteiger partial charge in [-0.3, -0.25) is 0 Å². The van der Waals surface area contributed by atoms with Crippen LogP contribution in [-0.2, 0) is 26.0 Å². The Hall–Kier alpha value is -1.61. The van der Waals surface area contributed by atoms with E-state index in [1.165, 1.54) is 0 Å². The average molecular weight is 313 g/mol. The molecule has 23 heavy (non-hydrogen) atoms. The topological polar surface area (TPSA) is 71.7 Å². The maximum absolute atomic E-state index is 10.1. The lowest BCUT2D eigenvalue weighted by Crippen LogP contribution is -2.58. The highest BCUT2D eigenvalue weighted by molar-refractivity contribution is 5.49. The van der Waals surface area contributed by atoms with Gasteiger partial charge in [0.05, 0.1) is 37.4 Å². The number of ether oxygens (including phenoxy) is 3. The first-order chi connectivity index (χ1) is 11.2. The molecular formula is C18H19NO4. The van der Waals surface area contributed by atoms with Crippen LogP contribution in [0.2, 0.25) is 0 Å². The van der Waals surface area contributed by atoms with Crippen LogP contribution in [0.4, 0.5) is 0 Å². The van der Waals surface area contributed by atoms with Crippen LogP contribution in [0, 0.1) is 23.2 Å². The number of benzene rings is 1. The predicted octanol–water partition coefficient (Wildman–Crippen LogP) is 1.88. The van der Waals surface area contributed by atoms with E-state index >= 15 is 0 Å². The van der Waals surface area contributed by atoms with Gasteiger partial charge in [0, 0.05) is 18.3 Å². The highest BCUT2D eigenvalue weighted by Crippen LogP contribution is 2.60. The lowest BCUT2D eigenvalue weighted by molar-refractivity contribution is -0.227. The summed E-state index contributed by atoms with van der Waals surface area (Å²) in [6.45, 7) is 1.81. The van der Waals surface area contributed by atoms with Crippen molar-refractivity contribution in [1.82, 2.24) is 0 Å². The van der Waals surface area contributed by atoms with E-state index in [9.17, 15) is 10.4 Å². The largest absolute Gasteiger partial charge is 0.508 e. The third kappa shape index (κ3) is 1.61. The molecule has 1 aromatic carbocycles. The molecule has 2 saturated heterocycles. The van der Waals surface area contributed by atoms with Gasteiger partial charge in [0.15, 0.2) is 5.79 Å². The zero-order chi connectivity index (χ0) is 15.7. The fourth-order valence-corrected chi connectivity index (χ4v) is 5.37. The third-order valence-electron chi connectivity index (χ3n) is 6.30. The van der Waals surface area contributed by atoms with E-state index in [4.69, 9.17) is 14.2 Å². The Morgan fingerprint density at radius 2 is 2.04 bits per heavy atom. The van der Waals surface area contributed by atoms with E-state index in [1.54, 1.807) is 12.1 Å². The summed E-state index contributed by atoms with van der Waals surface area (Å²) in [5.41, 5.74) is 1.48. The number of aromatic hydroxyl groups is 1. The summed E-state index contributed by atoms with van der Waals surface area (Å²) in [6.07, 6.45) is 2.20. The predicted molar refractivity (Wildman–Crippen MR) is 79.7 cm³/mol.